The van der Waals surface area contributed by atoms with Gasteiger partial charge in [-0.2, -0.15) is 5.10 Å². The van der Waals surface area contributed by atoms with Crippen LogP contribution in [-0.2, 0) is 4.79 Å². The van der Waals surface area contributed by atoms with Crippen molar-refractivity contribution in [3.8, 4) is 23.8 Å². The third-order valence-electron chi connectivity index (χ3n) is 5.17. The van der Waals surface area contributed by atoms with Crippen LogP contribution in [0, 0.1) is 26.2 Å². The molecule has 0 saturated carbocycles. The molecule has 2 heterocycles. The van der Waals surface area contributed by atoms with Crippen LogP contribution in [0.2, 0.25) is 0 Å². The first kappa shape index (κ1) is 20.1. The summed E-state index contributed by atoms with van der Waals surface area (Å²) < 4.78 is 7.36. The Kier molecular flexibility index (Phi) is 5.56. The van der Waals surface area contributed by atoms with Gasteiger partial charge in [0, 0.05) is 5.56 Å². The smallest absolute Gasteiger partial charge is 0.238 e. The molecule has 0 spiro atoms. The summed E-state index contributed by atoms with van der Waals surface area (Å²) >= 11 is 1.62. The Morgan fingerprint density at radius 2 is 1.93 bits per heavy atom. The standard InChI is InChI=1S/C24H23N3O2S/c1-5-14-29-19-12-10-18(11-13-19)22-21-16(3)26-27(20-9-7-6-8-15(20)2)23(21)25-24(28)17(4)30-22/h1,6-13,17,22H,14H2,2-4H3,(H,25,28). The molecule has 4 rings (SSSR count). The number of carbonyl (C=O) groups is 1. The average molecular weight is 418 g/mol. The maximum atomic E-state index is 12.8. The highest BCUT2D eigenvalue weighted by atomic mass is 32.2. The summed E-state index contributed by atoms with van der Waals surface area (Å²) in [5, 5.41) is 7.68. The third-order valence-corrected chi connectivity index (χ3v) is 6.57. The van der Waals surface area contributed by atoms with Crippen LogP contribution in [0.25, 0.3) is 5.69 Å². The molecule has 0 saturated heterocycles. The van der Waals surface area contributed by atoms with Gasteiger partial charge >= 0.3 is 0 Å². The minimum atomic E-state index is -0.204. The van der Waals surface area contributed by atoms with Crippen molar-refractivity contribution in [3.63, 3.8) is 0 Å². The minimum Gasteiger partial charge on any atom is -0.481 e. The van der Waals surface area contributed by atoms with E-state index >= 15 is 0 Å². The van der Waals surface area contributed by atoms with Crippen LogP contribution in [0.5, 0.6) is 5.75 Å². The number of anilines is 1. The predicted molar refractivity (Wildman–Crippen MR) is 121 cm³/mol. The maximum absolute atomic E-state index is 12.8. The monoisotopic (exact) mass is 417 g/mol. The summed E-state index contributed by atoms with van der Waals surface area (Å²) in [5.74, 6) is 3.92. The molecule has 1 aromatic heterocycles. The lowest BCUT2D eigenvalue weighted by molar-refractivity contribution is -0.115. The Hall–Kier alpha value is -3.17. The van der Waals surface area contributed by atoms with Crippen LogP contribution in [0.3, 0.4) is 0 Å². The zero-order valence-electron chi connectivity index (χ0n) is 17.2. The fourth-order valence-corrected chi connectivity index (χ4v) is 4.93. The second-order valence-electron chi connectivity index (χ2n) is 7.26. The van der Waals surface area contributed by atoms with E-state index in [4.69, 9.17) is 16.3 Å². The number of hydrogen-bond donors (Lipinski definition) is 1. The van der Waals surface area contributed by atoms with Crippen LogP contribution >= 0.6 is 11.8 Å². The van der Waals surface area contributed by atoms with Crippen LogP contribution in [0.15, 0.2) is 48.5 Å². The van der Waals surface area contributed by atoms with E-state index in [-0.39, 0.29) is 23.0 Å². The van der Waals surface area contributed by atoms with Gasteiger partial charge in [0.25, 0.3) is 0 Å². The summed E-state index contributed by atoms with van der Waals surface area (Å²) in [6.07, 6.45) is 5.27. The van der Waals surface area contributed by atoms with E-state index in [2.05, 4.69) is 11.2 Å². The minimum absolute atomic E-state index is 0.0209. The number of ether oxygens (including phenoxy) is 1. The summed E-state index contributed by atoms with van der Waals surface area (Å²) in [7, 11) is 0. The Bertz CT molecular complexity index is 1130. The summed E-state index contributed by atoms with van der Waals surface area (Å²) in [6.45, 7) is 6.21. The zero-order chi connectivity index (χ0) is 21.3. The number of thioether (sulfide) groups is 1. The quantitative estimate of drug-likeness (QED) is 0.627. The van der Waals surface area contributed by atoms with Crippen molar-refractivity contribution in [1.29, 1.82) is 0 Å². The summed E-state index contributed by atoms with van der Waals surface area (Å²) in [4.78, 5) is 12.8. The van der Waals surface area contributed by atoms with Crippen molar-refractivity contribution in [2.75, 3.05) is 11.9 Å². The van der Waals surface area contributed by atoms with E-state index < -0.39 is 0 Å². The molecule has 5 nitrogen and oxygen atoms in total. The molecule has 2 aromatic carbocycles. The lowest BCUT2D eigenvalue weighted by atomic mass is 10.0. The largest absolute Gasteiger partial charge is 0.481 e. The van der Waals surface area contributed by atoms with E-state index in [1.165, 1.54) is 0 Å². The maximum Gasteiger partial charge on any atom is 0.238 e. The molecule has 0 bridgehead atoms. The lowest BCUT2D eigenvalue weighted by Crippen LogP contribution is -2.22. The first-order valence-corrected chi connectivity index (χ1v) is 10.7. The molecule has 1 aliphatic heterocycles. The molecular formula is C24H23N3O2S. The highest BCUT2D eigenvalue weighted by Gasteiger charge is 2.34. The molecule has 30 heavy (non-hydrogen) atoms. The fourth-order valence-electron chi connectivity index (χ4n) is 3.61. The van der Waals surface area contributed by atoms with Gasteiger partial charge in [0.15, 0.2) is 0 Å². The molecule has 0 fully saturated rings. The molecule has 6 heteroatoms. The van der Waals surface area contributed by atoms with Crippen LogP contribution in [0.4, 0.5) is 5.82 Å². The SMILES string of the molecule is C#CCOc1ccc(C2SC(C)C(=O)Nc3c2c(C)nn3-c2ccccc2C)cc1. The number of terminal acetylenes is 1. The number of benzene rings is 2. The highest BCUT2D eigenvalue weighted by molar-refractivity contribution is 8.01. The number of nitrogens with zero attached hydrogens (tertiary/aromatic N) is 2. The first-order valence-electron chi connectivity index (χ1n) is 9.77. The number of para-hydroxylation sites is 1. The van der Waals surface area contributed by atoms with Gasteiger partial charge in [-0.1, -0.05) is 36.3 Å². The Balaban J connectivity index is 1.82. The topological polar surface area (TPSA) is 56.1 Å². The lowest BCUT2D eigenvalue weighted by Gasteiger charge is -2.18. The Morgan fingerprint density at radius 1 is 1.20 bits per heavy atom. The van der Waals surface area contributed by atoms with Gasteiger partial charge in [0.2, 0.25) is 5.91 Å². The van der Waals surface area contributed by atoms with Crippen LogP contribution in [0.1, 0.15) is 34.6 Å². The van der Waals surface area contributed by atoms with Gasteiger partial charge in [0.05, 0.1) is 21.9 Å². The van der Waals surface area contributed by atoms with Gasteiger partial charge < -0.3 is 10.1 Å². The number of aryl methyl sites for hydroxylation is 2. The molecule has 2 atom stereocenters. The Labute approximate surface area is 180 Å². The van der Waals surface area contributed by atoms with Gasteiger partial charge in [-0.3, -0.25) is 4.79 Å². The number of fused-ring (bicyclic) bond motifs is 1. The van der Waals surface area contributed by atoms with Crippen molar-refractivity contribution in [2.24, 2.45) is 0 Å². The number of amides is 1. The zero-order valence-corrected chi connectivity index (χ0v) is 18.0. The molecule has 1 aliphatic rings. The number of hydrogen-bond acceptors (Lipinski definition) is 4. The van der Waals surface area contributed by atoms with Crippen molar-refractivity contribution in [3.05, 3.63) is 70.9 Å². The number of nitrogens with one attached hydrogen (secondary N) is 1. The molecule has 3 aromatic rings. The molecule has 2 unspecified atom stereocenters. The fraction of sp³-hybridized carbons (Fsp3) is 0.250. The summed E-state index contributed by atoms with van der Waals surface area (Å²) in [5.41, 5.74) is 5.06. The van der Waals surface area contributed by atoms with Crippen molar-refractivity contribution >= 4 is 23.5 Å². The average Bonchev–Trinajstić information content (AvgIpc) is 2.99. The van der Waals surface area contributed by atoms with Gasteiger partial charge in [-0.05, 0) is 50.1 Å². The normalized spacial score (nSPS) is 18.1. The van der Waals surface area contributed by atoms with Gasteiger partial charge in [-0.25, -0.2) is 4.68 Å². The second-order valence-corrected chi connectivity index (χ2v) is 8.71. The number of rotatable bonds is 4. The number of aromatic nitrogens is 2. The Morgan fingerprint density at radius 3 is 2.63 bits per heavy atom. The molecule has 0 radical (unpaired) electrons. The second kappa shape index (κ2) is 8.29. The predicted octanol–water partition coefficient (Wildman–Crippen LogP) is 4.66. The first-order chi connectivity index (χ1) is 14.5. The molecule has 0 aliphatic carbocycles. The molecule has 1 N–H and O–H groups in total. The third kappa shape index (κ3) is 3.69. The molecular weight excluding hydrogens is 394 g/mol. The van der Waals surface area contributed by atoms with E-state index in [0.29, 0.717) is 0 Å². The number of carbonyl (C=O) groups excluding carboxylic acids is 1. The van der Waals surface area contributed by atoms with Gasteiger partial charge in [-0.15, -0.1) is 18.2 Å². The van der Waals surface area contributed by atoms with Crippen molar-refractivity contribution < 1.29 is 9.53 Å². The highest BCUT2D eigenvalue weighted by Crippen LogP contribution is 2.46. The van der Waals surface area contributed by atoms with E-state index in [1.54, 1.807) is 11.8 Å². The van der Waals surface area contributed by atoms with Crippen molar-refractivity contribution in [1.82, 2.24) is 9.78 Å². The molecule has 152 valence electrons. The van der Waals surface area contributed by atoms with E-state index in [0.717, 1.165) is 39.6 Å². The summed E-state index contributed by atoms with van der Waals surface area (Å²) in [6, 6.07) is 15.9. The van der Waals surface area contributed by atoms with Crippen LogP contribution < -0.4 is 10.1 Å². The van der Waals surface area contributed by atoms with E-state index in [9.17, 15) is 4.79 Å². The van der Waals surface area contributed by atoms with Gasteiger partial charge in [0.1, 0.15) is 18.2 Å². The van der Waals surface area contributed by atoms with E-state index in [1.807, 2.05) is 74.0 Å². The van der Waals surface area contributed by atoms with Crippen molar-refractivity contribution in [2.45, 2.75) is 31.3 Å². The van der Waals surface area contributed by atoms with Crippen LogP contribution in [-0.4, -0.2) is 27.5 Å². The molecule has 1 amide bonds.